The van der Waals surface area contributed by atoms with Crippen LogP contribution in [0.25, 0.3) is 0 Å². The van der Waals surface area contributed by atoms with E-state index < -0.39 is 5.54 Å². The molecule has 2 aromatic carbocycles. The highest BCUT2D eigenvalue weighted by molar-refractivity contribution is 5.99. The largest absolute Gasteiger partial charge is 0.369 e. The van der Waals surface area contributed by atoms with Crippen LogP contribution in [0.2, 0.25) is 0 Å². The number of terminal acetylenes is 1. The first-order valence-corrected chi connectivity index (χ1v) is 11.5. The minimum atomic E-state index is -0.412. The number of carbonyl (C=O) groups is 2. The van der Waals surface area contributed by atoms with Gasteiger partial charge in [0, 0.05) is 11.5 Å². The SMILES string of the molecule is C#C[C@@H]1Cc2ccccc2[C@H]1NC(=O)c1cccc(CN2C(=O)CC(CC)(CC)N=C2N)c1. The van der Waals surface area contributed by atoms with Gasteiger partial charge in [0.05, 0.1) is 24.5 Å². The summed E-state index contributed by atoms with van der Waals surface area (Å²) in [6.07, 6.45) is 8.38. The van der Waals surface area contributed by atoms with Gasteiger partial charge in [0.15, 0.2) is 5.96 Å². The van der Waals surface area contributed by atoms with Crippen molar-refractivity contribution in [3.8, 4) is 12.3 Å². The van der Waals surface area contributed by atoms with Crippen LogP contribution in [0.1, 0.15) is 66.2 Å². The number of aliphatic imine (C=N–C) groups is 1. The lowest BCUT2D eigenvalue weighted by Crippen LogP contribution is -2.50. The molecule has 0 unspecified atom stereocenters. The molecule has 0 saturated carbocycles. The molecule has 6 heteroatoms. The third kappa shape index (κ3) is 4.36. The average molecular weight is 443 g/mol. The number of carbonyl (C=O) groups excluding carboxylic acids is 2. The van der Waals surface area contributed by atoms with Gasteiger partial charge in [-0.1, -0.05) is 50.2 Å². The third-order valence-electron chi connectivity index (χ3n) is 6.99. The highest BCUT2D eigenvalue weighted by Crippen LogP contribution is 2.36. The fourth-order valence-corrected chi connectivity index (χ4v) is 4.82. The topological polar surface area (TPSA) is 87.8 Å². The predicted octanol–water partition coefficient (Wildman–Crippen LogP) is 3.57. The second-order valence-electron chi connectivity index (χ2n) is 8.89. The Hall–Kier alpha value is -3.59. The van der Waals surface area contributed by atoms with E-state index in [0.717, 1.165) is 30.4 Å². The maximum atomic E-state index is 13.1. The van der Waals surface area contributed by atoms with Crippen molar-refractivity contribution in [1.82, 2.24) is 10.2 Å². The van der Waals surface area contributed by atoms with Crippen molar-refractivity contribution in [1.29, 1.82) is 0 Å². The molecule has 0 fully saturated rings. The van der Waals surface area contributed by atoms with Gasteiger partial charge in [0.2, 0.25) is 5.91 Å². The Morgan fingerprint density at radius 3 is 2.70 bits per heavy atom. The minimum absolute atomic E-state index is 0.0412. The van der Waals surface area contributed by atoms with E-state index in [1.165, 1.54) is 10.5 Å². The second-order valence-corrected chi connectivity index (χ2v) is 8.89. The predicted molar refractivity (Wildman–Crippen MR) is 129 cm³/mol. The quantitative estimate of drug-likeness (QED) is 0.671. The summed E-state index contributed by atoms with van der Waals surface area (Å²) >= 11 is 0. The molecule has 0 radical (unpaired) electrons. The number of amides is 2. The number of hydrogen-bond acceptors (Lipinski definition) is 4. The zero-order chi connectivity index (χ0) is 23.6. The number of benzene rings is 2. The molecule has 1 heterocycles. The van der Waals surface area contributed by atoms with E-state index in [2.05, 4.69) is 22.3 Å². The van der Waals surface area contributed by atoms with Gasteiger partial charge in [-0.2, -0.15) is 0 Å². The van der Waals surface area contributed by atoms with Crippen molar-refractivity contribution in [2.75, 3.05) is 0 Å². The summed E-state index contributed by atoms with van der Waals surface area (Å²) in [5.41, 5.74) is 9.35. The number of nitrogens with one attached hydrogen (secondary N) is 1. The first kappa shape index (κ1) is 22.6. The van der Waals surface area contributed by atoms with Crippen LogP contribution in [0.3, 0.4) is 0 Å². The molecule has 2 atom stereocenters. The van der Waals surface area contributed by atoms with Gasteiger partial charge in [0.25, 0.3) is 5.91 Å². The maximum absolute atomic E-state index is 13.1. The molecule has 6 nitrogen and oxygen atoms in total. The Balaban J connectivity index is 1.51. The molecule has 170 valence electrons. The van der Waals surface area contributed by atoms with Crippen LogP contribution in [0, 0.1) is 18.3 Å². The molecule has 3 N–H and O–H groups in total. The first-order valence-electron chi connectivity index (χ1n) is 11.5. The van der Waals surface area contributed by atoms with Crippen molar-refractivity contribution < 1.29 is 9.59 Å². The van der Waals surface area contributed by atoms with E-state index in [4.69, 9.17) is 12.2 Å². The summed E-state index contributed by atoms with van der Waals surface area (Å²) in [5, 5.41) is 3.12. The van der Waals surface area contributed by atoms with Gasteiger partial charge >= 0.3 is 0 Å². The molecule has 0 saturated heterocycles. The Labute approximate surface area is 195 Å². The van der Waals surface area contributed by atoms with Crippen LogP contribution in [0.4, 0.5) is 0 Å². The summed E-state index contributed by atoms with van der Waals surface area (Å²) in [4.78, 5) is 32.1. The molecule has 0 bridgehead atoms. The molecule has 1 aliphatic carbocycles. The summed E-state index contributed by atoms with van der Waals surface area (Å²) in [6.45, 7) is 4.33. The van der Waals surface area contributed by atoms with Crippen LogP contribution in [-0.2, 0) is 17.8 Å². The van der Waals surface area contributed by atoms with Gasteiger partial charge in [-0.3, -0.25) is 14.5 Å². The lowest BCUT2D eigenvalue weighted by molar-refractivity contribution is -0.130. The Bertz CT molecular complexity index is 1140. The molecule has 0 spiro atoms. The molecule has 1 aliphatic heterocycles. The summed E-state index contributed by atoms with van der Waals surface area (Å²) in [6, 6.07) is 15.1. The van der Waals surface area contributed by atoms with E-state index in [1.807, 2.05) is 44.2 Å². The summed E-state index contributed by atoms with van der Waals surface area (Å²) < 4.78 is 0. The van der Waals surface area contributed by atoms with Gasteiger partial charge in [-0.05, 0) is 48.1 Å². The van der Waals surface area contributed by atoms with Gasteiger partial charge < -0.3 is 11.1 Å². The van der Waals surface area contributed by atoms with E-state index in [1.54, 1.807) is 12.1 Å². The van der Waals surface area contributed by atoms with Crippen molar-refractivity contribution in [2.24, 2.45) is 16.6 Å². The fourth-order valence-electron chi connectivity index (χ4n) is 4.82. The van der Waals surface area contributed by atoms with Crippen LogP contribution in [0.5, 0.6) is 0 Å². The average Bonchev–Trinajstić information content (AvgIpc) is 3.19. The fraction of sp³-hybridized carbons (Fsp3) is 0.370. The molecule has 0 aromatic heterocycles. The molecule has 2 amide bonds. The van der Waals surface area contributed by atoms with E-state index in [0.29, 0.717) is 12.0 Å². The molecule has 4 rings (SSSR count). The number of hydrogen-bond donors (Lipinski definition) is 2. The Kier molecular flexibility index (Phi) is 6.24. The zero-order valence-corrected chi connectivity index (χ0v) is 19.2. The Morgan fingerprint density at radius 1 is 1.24 bits per heavy atom. The number of nitrogens with two attached hydrogens (primary N) is 1. The van der Waals surface area contributed by atoms with E-state index >= 15 is 0 Å². The molecular weight excluding hydrogens is 412 g/mol. The number of guanidine groups is 1. The first-order chi connectivity index (χ1) is 15.9. The molecular formula is C27H30N4O2. The second kappa shape index (κ2) is 9.11. The standard InChI is InChI=1S/C27H30N4O2/c1-4-19-15-20-11-7-8-13-22(20)24(19)29-25(33)21-12-9-10-18(14-21)17-31-23(32)16-27(5-2,6-3)30-26(31)28/h1,7-14,19,24H,5-6,15-17H2,2-3H3,(H2,28,30)(H,29,33)/t19-,24+/m1/s1. The van der Waals surface area contributed by atoms with E-state index in [-0.39, 0.29) is 36.3 Å². The van der Waals surface area contributed by atoms with Crippen molar-refractivity contribution >= 4 is 17.8 Å². The highest BCUT2D eigenvalue weighted by atomic mass is 16.2. The Morgan fingerprint density at radius 2 is 2.00 bits per heavy atom. The lowest BCUT2D eigenvalue weighted by atomic mass is 9.88. The number of rotatable bonds is 6. The van der Waals surface area contributed by atoms with Gasteiger partial charge in [0.1, 0.15) is 0 Å². The van der Waals surface area contributed by atoms with Crippen LogP contribution >= 0.6 is 0 Å². The molecule has 2 aromatic rings. The van der Waals surface area contributed by atoms with Crippen LogP contribution in [-0.4, -0.2) is 28.2 Å². The van der Waals surface area contributed by atoms with Crippen molar-refractivity contribution in [3.05, 3.63) is 70.8 Å². The van der Waals surface area contributed by atoms with Gasteiger partial charge in [-0.25, -0.2) is 4.99 Å². The van der Waals surface area contributed by atoms with Crippen molar-refractivity contribution in [2.45, 2.75) is 57.7 Å². The smallest absolute Gasteiger partial charge is 0.251 e. The normalized spacial score (nSPS) is 21.2. The van der Waals surface area contributed by atoms with Crippen molar-refractivity contribution in [3.63, 3.8) is 0 Å². The summed E-state index contributed by atoms with van der Waals surface area (Å²) in [7, 11) is 0. The summed E-state index contributed by atoms with van der Waals surface area (Å²) in [5.74, 6) is 2.75. The maximum Gasteiger partial charge on any atom is 0.251 e. The monoisotopic (exact) mass is 442 g/mol. The molecule has 2 aliphatic rings. The van der Waals surface area contributed by atoms with E-state index in [9.17, 15) is 9.59 Å². The molecule has 33 heavy (non-hydrogen) atoms. The van der Waals surface area contributed by atoms with Crippen LogP contribution in [0.15, 0.2) is 53.5 Å². The lowest BCUT2D eigenvalue weighted by Gasteiger charge is -2.36. The van der Waals surface area contributed by atoms with Crippen LogP contribution < -0.4 is 11.1 Å². The highest BCUT2D eigenvalue weighted by Gasteiger charge is 2.37. The third-order valence-corrected chi connectivity index (χ3v) is 6.99. The number of nitrogens with zero attached hydrogens (tertiary/aromatic N) is 2. The minimum Gasteiger partial charge on any atom is -0.369 e. The van der Waals surface area contributed by atoms with Gasteiger partial charge in [-0.15, -0.1) is 12.3 Å². The number of fused-ring (bicyclic) bond motifs is 1. The zero-order valence-electron chi connectivity index (χ0n) is 19.2.